The third kappa shape index (κ3) is 6.16. The summed E-state index contributed by atoms with van der Waals surface area (Å²) in [7, 11) is 0. The third-order valence-electron chi connectivity index (χ3n) is 4.81. The molecule has 0 saturated heterocycles. The summed E-state index contributed by atoms with van der Waals surface area (Å²) in [6.45, 7) is 2.10. The molecule has 4 nitrogen and oxygen atoms in total. The van der Waals surface area contributed by atoms with Crippen LogP contribution in [-0.4, -0.2) is 11.9 Å². The predicted octanol–water partition coefficient (Wildman–Crippen LogP) is 5.92. The quantitative estimate of drug-likeness (QED) is 0.320. The number of hydrogen-bond acceptors (Lipinski definition) is 3. The molecule has 0 saturated carbocycles. The lowest BCUT2D eigenvalue weighted by atomic mass is 9.96. The zero-order valence-electron chi connectivity index (χ0n) is 17.9. The monoisotopic (exact) mass is 423 g/mol. The van der Waals surface area contributed by atoms with Crippen molar-refractivity contribution in [3.05, 3.63) is 126 Å². The summed E-state index contributed by atoms with van der Waals surface area (Å²) in [6, 6.07) is 33.7. The van der Waals surface area contributed by atoms with E-state index in [2.05, 4.69) is 13.0 Å². The Morgan fingerprint density at radius 3 is 1.84 bits per heavy atom. The Morgan fingerprint density at radius 2 is 1.31 bits per heavy atom. The Hall–Kier alpha value is -4.18. The molecule has 4 aromatic rings. The molecular formula is C28H25NO3. The molecule has 4 rings (SSSR count). The molecule has 2 N–H and O–H groups in total. The molecular weight excluding hydrogens is 398 g/mol. The summed E-state index contributed by atoms with van der Waals surface area (Å²) in [6.07, 6.45) is 0.924. The number of ether oxygens (including phenoxy) is 1. The number of primary amides is 1. The highest BCUT2D eigenvalue weighted by Crippen LogP contribution is 2.26. The number of carbonyl (C=O) groups excluding carboxylic acids is 2. The van der Waals surface area contributed by atoms with E-state index in [-0.39, 0.29) is 11.9 Å². The second kappa shape index (κ2) is 11.3. The van der Waals surface area contributed by atoms with Crippen molar-refractivity contribution >= 4 is 11.9 Å². The lowest BCUT2D eigenvalue weighted by molar-refractivity contribution is 0.0735. The number of hydrogen-bond donors (Lipinski definition) is 1. The Kier molecular flexibility index (Phi) is 7.93. The predicted molar refractivity (Wildman–Crippen MR) is 128 cm³/mol. The van der Waals surface area contributed by atoms with E-state index in [9.17, 15) is 9.59 Å². The van der Waals surface area contributed by atoms with Crippen LogP contribution in [0.2, 0.25) is 0 Å². The summed E-state index contributed by atoms with van der Waals surface area (Å²) >= 11 is 0. The van der Waals surface area contributed by atoms with Gasteiger partial charge in [-0.15, -0.1) is 0 Å². The van der Waals surface area contributed by atoms with Gasteiger partial charge in [-0.25, -0.2) is 4.79 Å². The first-order valence-electron chi connectivity index (χ1n) is 10.4. The van der Waals surface area contributed by atoms with Gasteiger partial charge in [0.25, 0.3) is 0 Å². The lowest BCUT2D eigenvalue weighted by Crippen LogP contribution is -2.10. The standard InChI is InChI=1S/C21H18O2.C7H7NO/c1-2-16-13-14-19(20(15-16)17-9-5-3-6-10-17)21(22)23-18-11-7-4-8-12-18;8-7(9)6-4-2-1-3-5-6/h3-15H,2H2,1H3;1-5H,(H2,8,9). The molecule has 4 aromatic carbocycles. The first-order valence-corrected chi connectivity index (χ1v) is 10.4. The fraction of sp³-hybridized carbons (Fsp3) is 0.0714. The highest BCUT2D eigenvalue weighted by molar-refractivity contribution is 5.98. The molecule has 4 heteroatoms. The van der Waals surface area contributed by atoms with Crippen molar-refractivity contribution in [2.45, 2.75) is 13.3 Å². The van der Waals surface area contributed by atoms with Crippen molar-refractivity contribution in [1.82, 2.24) is 0 Å². The number of amides is 1. The van der Waals surface area contributed by atoms with Gasteiger partial charge in [0.05, 0.1) is 5.56 Å². The largest absolute Gasteiger partial charge is 0.423 e. The molecule has 160 valence electrons. The van der Waals surface area contributed by atoms with Crippen LogP contribution in [0.15, 0.2) is 109 Å². The van der Waals surface area contributed by atoms with E-state index in [1.165, 1.54) is 5.56 Å². The molecule has 0 radical (unpaired) electrons. The molecule has 0 fully saturated rings. The molecule has 0 bridgehead atoms. The van der Waals surface area contributed by atoms with Crippen LogP contribution >= 0.6 is 0 Å². The smallest absolute Gasteiger partial charge is 0.344 e. The number of benzene rings is 4. The van der Waals surface area contributed by atoms with Crippen LogP contribution in [-0.2, 0) is 6.42 Å². The molecule has 0 heterocycles. The molecule has 0 aliphatic heterocycles. The minimum atomic E-state index is -0.379. The van der Waals surface area contributed by atoms with Crippen LogP contribution in [0.25, 0.3) is 11.1 Å². The van der Waals surface area contributed by atoms with Crippen LogP contribution in [0.1, 0.15) is 33.2 Å². The molecule has 0 aromatic heterocycles. The molecule has 0 atom stereocenters. The van der Waals surface area contributed by atoms with Gasteiger partial charge in [-0.3, -0.25) is 4.79 Å². The van der Waals surface area contributed by atoms with Gasteiger partial charge in [0, 0.05) is 5.56 Å². The summed E-state index contributed by atoms with van der Waals surface area (Å²) < 4.78 is 5.50. The zero-order chi connectivity index (χ0) is 22.8. The van der Waals surface area contributed by atoms with Gasteiger partial charge in [-0.1, -0.05) is 85.8 Å². The van der Waals surface area contributed by atoms with Gasteiger partial charge < -0.3 is 10.5 Å². The van der Waals surface area contributed by atoms with Gasteiger partial charge in [-0.2, -0.15) is 0 Å². The maximum absolute atomic E-state index is 12.6. The average Bonchev–Trinajstić information content (AvgIpc) is 2.85. The minimum absolute atomic E-state index is 0.335. The first kappa shape index (κ1) is 22.5. The number of esters is 1. The lowest BCUT2D eigenvalue weighted by Gasteiger charge is -2.11. The maximum atomic E-state index is 12.6. The van der Waals surface area contributed by atoms with Crippen molar-refractivity contribution in [2.24, 2.45) is 5.73 Å². The Labute approximate surface area is 188 Å². The van der Waals surface area contributed by atoms with Gasteiger partial charge in [0.2, 0.25) is 5.91 Å². The van der Waals surface area contributed by atoms with Crippen LogP contribution in [0.3, 0.4) is 0 Å². The number of aryl methyl sites for hydroxylation is 1. The van der Waals surface area contributed by atoms with Crippen molar-refractivity contribution in [1.29, 1.82) is 0 Å². The van der Waals surface area contributed by atoms with E-state index in [0.29, 0.717) is 16.9 Å². The van der Waals surface area contributed by atoms with Crippen LogP contribution in [0.5, 0.6) is 5.75 Å². The van der Waals surface area contributed by atoms with Crippen molar-refractivity contribution in [3.63, 3.8) is 0 Å². The number of rotatable bonds is 5. The van der Waals surface area contributed by atoms with E-state index >= 15 is 0 Å². The highest BCUT2D eigenvalue weighted by Gasteiger charge is 2.15. The third-order valence-corrected chi connectivity index (χ3v) is 4.81. The van der Waals surface area contributed by atoms with Crippen LogP contribution in [0, 0.1) is 0 Å². The number of carbonyl (C=O) groups is 2. The van der Waals surface area contributed by atoms with Gasteiger partial charge in [-0.05, 0) is 53.4 Å². The first-order chi connectivity index (χ1) is 15.6. The molecule has 0 unspecified atom stereocenters. The maximum Gasteiger partial charge on any atom is 0.344 e. The minimum Gasteiger partial charge on any atom is -0.423 e. The Balaban J connectivity index is 0.000000269. The summed E-state index contributed by atoms with van der Waals surface area (Å²) in [5.41, 5.74) is 9.23. The van der Waals surface area contributed by atoms with Gasteiger partial charge in [0.1, 0.15) is 5.75 Å². The van der Waals surface area contributed by atoms with Crippen LogP contribution < -0.4 is 10.5 Å². The summed E-state index contributed by atoms with van der Waals surface area (Å²) in [5, 5.41) is 0. The zero-order valence-corrected chi connectivity index (χ0v) is 17.9. The van der Waals surface area contributed by atoms with E-state index in [4.69, 9.17) is 10.5 Å². The van der Waals surface area contributed by atoms with E-state index in [0.717, 1.165) is 17.5 Å². The van der Waals surface area contributed by atoms with Crippen molar-refractivity contribution < 1.29 is 14.3 Å². The molecule has 32 heavy (non-hydrogen) atoms. The van der Waals surface area contributed by atoms with E-state index in [1.807, 2.05) is 66.7 Å². The number of para-hydroxylation sites is 1. The number of nitrogens with two attached hydrogens (primary N) is 1. The molecule has 1 amide bonds. The fourth-order valence-electron chi connectivity index (χ4n) is 3.10. The topological polar surface area (TPSA) is 69.4 Å². The van der Waals surface area contributed by atoms with Gasteiger partial charge in [0.15, 0.2) is 0 Å². The Morgan fingerprint density at radius 1 is 0.750 bits per heavy atom. The van der Waals surface area contributed by atoms with E-state index in [1.54, 1.807) is 36.4 Å². The summed E-state index contributed by atoms with van der Waals surface area (Å²) in [4.78, 5) is 23.0. The van der Waals surface area contributed by atoms with E-state index < -0.39 is 0 Å². The van der Waals surface area contributed by atoms with Crippen molar-refractivity contribution in [2.75, 3.05) is 0 Å². The highest BCUT2D eigenvalue weighted by atomic mass is 16.5. The Bertz CT molecular complexity index is 1160. The SMILES string of the molecule is CCc1ccc(C(=O)Oc2ccccc2)c(-c2ccccc2)c1.NC(=O)c1ccccc1. The average molecular weight is 424 g/mol. The van der Waals surface area contributed by atoms with Crippen LogP contribution in [0.4, 0.5) is 0 Å². The second-order valence-electron chi connectivity index (χ2n) is 7.03. The van der Waals surface area contributed by atoms with Crippen molar-refractivity contribution in [3.8, 4) is 16.9 Å². The molecule has 0 aliphatic rings. The fourth-order valence-corrected chi connectivity index (χ4v) is 3.10. The van der Waals surface area contributed by atoms with Gasteiger partial charge >= 0.3 is 5.97 Å². The molecule has 0 spiro atoms. The normalized spacial score (nSPS) is 9.91. The molecule has 0 aliphatic carbocycles. The summed E-state index contributed by atoms with van der Waals surface area (Å²) in [5.74, 6) is -0.163. The second-order valence-corrected chi connectivity index (χ2v) is 7.03.